The van der Waals surface area contributed by atoms with Gasteiger partial charge in [-0.2, -0.15) is 10.2 Å². The minimum atomic E-state index is 0.624. The largest absolute Gasteiger partial charge is 0.217 e. The summed E-state index contributed by atoms with van der Waals surface area (Å²) in [7, 11) is 0. The quantitative estimate of drug-likeness (QED) is 0.787. The molecule has 0 saturated carbocycles. The van der Waals surface area contributed by atoms with Gasteiger partial charge in [0, 0.05) is 0 Å². The Kier molecular flexibility index (Phi) is 4.07. The lowest BCUT2D eigenvalue weighted by Crippen LogP contribution is -2.04. The fourth-order valence-electron chi connectivity index (χ4n) is 1.35. The molecule has 0 unspecified atom stereocenters. The van der Waals surface area contributed by atoms with Crippen LogP contribution in [-0.2, 0) is 0 Å². The molecular formula is C10H12N6S2. The Morgan fingerprint density at radius 1 is 0.667 bits per heavy atom. The highest BCUT2D eigenvalue weighted by molar-refractivity contribution is 7.98. The van der Waals surface area contributed by atoms with Crippen molar-refractivity contribution in [3.8, 4) is 11.4 Å². The van der Waals surface area contributed by atoms with Crippen LogP contribution in [0, 0.1) is 13.8 Å². The molecule has 0 aliphatic carbocycles. The first-order chi connectivity index (χ1) is 8.65. The lowest BCUT2D eigenvalue weighted by atomic mass is 10.2. The van der Waals surface area contributed by atoms with E-state index in [1.54, 1.807) is 0 Å². The Hall–Kier alpha value is -1.28. The molecule has 0 bridgehead atoms. The predicted molar refractivity (Wildman–Crippen MR) is 71.7 cm³/mol. The van der Waals surface area contributed by atoms with E-state index >= 15 is 0 Å². The van der Waals surface area contributed by atoms with Gasteiger partial charge in [0.15, 0.2) is 0 Å². The lowest BCUT2D eigenvalue weighted by Gasteiger charge is -2.06. The van der Waals surface area contributed by atoms with Gasteiger partial charge >= 0.3 is 0 Å². The van der Waals surface area contributed by atoms with Crippen molar-refractivity contribution >= 4 is 23.5 Å². The molecule has 0 aliphatic heterocycles. The number of hydrogen-bond acceptors (Lipinski definition) is 8. The molecule has 8 heteroatoms. The van der Waals surface area contributed by atoms with E-state index in [1.807, 2.05) is 26.4 Å². The van der Waals surface area contributed by atoms with Crippen molar-refractivity contribution in [1.82, 2.24) is 30.4 Å². The van der Waals surface area contributed by atoms with Crippen molar-refractivity contribution in [1.29, 1.82) is 0 Å². The second kappa shape index (κ2) is 5.57. The van der Waals surface area contributed by atoms with Gasteiger partial charge in [-0.1, -0.05) is 23.5 Å². The average Bonchev–Trinajstić information content (AvgIpc) is 2.40. The summed E-state index contributed by atoms with van der Waals surface area (Å²) in [6.45, 7) is 3.72. The van der Waals surface area contributed by atoms with Crippen LogP contribution in [0.5, 0.6) is 0 Å². The van der Waals surface area contributed by atoms with Crippen molar-refractivity contribution < 1.29 is 0 Å². The van der Waals surface area contributed by atoms with Gasteiger partial charge in [0.2, 0.25) is 10.3 Å². The van der Waals surface area contributed by atoms with Crippen LogP contribution in [0.4, 0.5) is 0 Å². The van der Waals surface area contributed by atoms with Crippen LogP contribution < -0.4 is 0 Å². The first kappa shape index (κ1) is 13.2. The first-order valence-electron chi connectivity index (χ1n) is 5.16. The van der Waals surface area contributed by atoms with E-state index in [2.05, 4.69) is 30.4 Å². The average molecular weight is 280 g/mol. The summed E-state index contributed by atoms with van der Waals surface area (Å²) in [5, 5.41) is 17.4. The molecule has 0 radical (unpaired) electrons. The Balaban J connectivity index is 2.60. The minimum Gasteiger partial charge on any atom is -0.217 e. The molecule has 6 nitrogen and oxygen atoms in total. The molecule has 2 heterocycles. The van der Waals surface area contributed by atoms with Crippen LogP contribution in [0.15, 0.2) is 10.3 Å². The van der Waals surface area contributed by atoms with Gasteiger partial charge in [-0.05, 0) is 26.4 Å². The lowest BCUT2D eigenvalue weighted by molar-refractivity contribution is 0.790. The van der Waals surface area contributed by atoms with Crippen molar-refractivity contribution in [2.45, 2.75) is 24.2 Å². The monoisotopic (exact) mass is 280 g/mol. The summed E-state index contributed by atoms with van der Waals surface area (Å²) in [5.74, 6) is 0. The van der Waals surface area contributed by atoms with E-state index in [-0.39, 0.29) is 0 Å². The standard InChI is InChI=1S/C10H12N6S2/c1-5-7(11-9(17-3)15-13-5)8-6(2)14-16-10(12-8)18-4/h1-4H3. The molecule has 0 fully saturated rings. The number of rotatable bonds is 3. The highest BCUT2D eigenvalue weighted by Gasteiger charge is 2.14. The Morgan fingerprint density at radius 3 is 1.39 bits per heavy atom. The highest BCUT2D eigenvalue weighted by Crippen LogP contribution is 2.23. The molecule has 94 valence electrons. The minimum absolute atomic E-state index is 0.624. The third-order valence-corrected chi connectivity index (χ3v) is 3.34. The topological polar surface area (TPSA) is 77.3 Å². The maximum atomic E-state index is 4.45. The number of nitrogens with zero attached hydrogens (tertiary/aromatic N) is 6. The van der Waals surface area contributed by atoms with Gasteiger partial charge < -0.3 is 0 Å². The van der Waals surface area contributed by atoms with Crippen molar-refractivity contribution in [3.05, 3.63) is 11.4 Å². The summed E-state index contributed by atoms with van der Waals surface area (Å²) >= 11 is 2.90. The molecule has 0 aliphatic rings. The van der Waals surface area contributed by atoms with Gasteiger partial charge in [0.1, 0.15) is 11.4 Å². The van der Waals surface area contributed by atoms with Gasteiger partial charge in [-0.3, -0.25) is 0 Å². The van der Waals surface area contributed by atoms with E-state index in [9.17, 15) is 0 Å². The molecule has 0 spiro atoms. The summed E-state index contributed by atoms with van der Waals surface area (Å²) in [4.78, 5) is 8.89. The van der Waals surface area contributed by atoms with Crippen LogP contribution in [-0.4, -0.2) is 42.9 Å². The summed E-state index contributed by atoms with van der Waals surface area (Å²) in [6, 6.07) is 0. The van der Waals surface area contributed by atoms with Gasteiger partial charge in [-0.15, -0.1) is 10.2 Å². The summed E-state index contributed by atoms with van der Waals surface area (Å²) in [6.07, 6.45) is 3.82. The van der Waals surface area contributed by atoms with Crippen LogP contribution >= 0.6 is 23.5 Å². The molecule has 0 amide bonds. The second-order valence-electron chi connectivity index (χ2n) is 3.47. The third-order valence-electron chi connectivity index (χ3n) is 2.26. The SMILES string of the molecule is CSc1nnc(C)c(-c2nc(SC)nnc2C)n1. The van der Waals surface area contributed by atoms with Crippen LogP contribution in [0.3, 0.4) is 0 Å². The van der Waals surface area contributed by atoms with E-state index < -0.39 is 0 Å². The van der Waals surface area contributed by atoms with E-state index in [0.717, 1.165) is 22.8 Å². The number of aromatic nitrogens is 6. The molecule has 18 heavy (non-hydrogen) atoms. The van der Waals surface area contributed by atoms with E-state index in [0.29, 0.717) is 10.3 Å². The summed E-state index contributed by atoms with van der Waals surface area (Å²) in [5.41, 5.74) is 2.92. The molecule has 0 aromatic carbocycles. The fourth-order valence-corrected chi connectivity index (χ4v) is 1.96. The zero-order chi connectivity index (χ0) is 13.1. The van der Waals surface area contributed by atoms with E-state index in [1.165, 1.54) is 23.5 Å². The predicted octanol–water partition coefficient (Wildman–Crippen LogP) is 1.78. The van der Waals surface area contributed by atoms with E-state index in [4.69, 9.17) is 0 Å². The zero-order valence-corrected chi connectivity index (χ0v) is 12.1. The van der Waals surface area contributed by atoms with Crippen molar-refractivity contribution in [3.63, 3.8) is 0 Å². The maximum Gasteiger partial charge on any atom is 0.209 e. The Bertz CT molecular complexity index is 523. The second-order valence-corrected chi connectivity index (χ2v) is 5.01. The first-order valence-corrected chi connectivity index (χ1v) is 7.61. The fraction of sp³-hybridized carbons (Fsp3) is 0.400. The van der Waals surface area contributed by atoms with Crippen LogP contribution in [0.1, 0.15) is 11.4 Å². The van der Waals surface area contributed by atoms with Crippen LogP contribution in [0.25, 0.3) is 11.4 Å². The zero-order valence-electron chi connectivity index (χ0n) is 10.5. The van der Waals surface area contributed by atoms with Gasteiger partial charge in [0.25, 0.3) is 0 Å². The number of aryl methyl sites for hydroxylation is 2. The maximum absolute atomic E-state index is 4.45. The smallest absolute Gasteiger partial charge is 0.209 e. The summed E-state index contributed by atoms with van der Waals surface area (Å²) < 4.78 is 0. The van der Waals surface area contributed by atoms with Crippen molar-refractivity contribution in [2.75, 3.05) is 12.5 Å². The van der Waals surface area contributed by atoms with Crippen LogP contribution in [0.2, 0.25) is 0 Å². The Morgan fingerprint density at radius 2 is 1.06 bits per heavy atom. The molecular weight excluding hydrogens is 268 g/mol. The molecule has 0 atom stereocenters. The Labute approximate surface area is 113 Å². The molecule has 0 saturated heterocycles. The van der Waals surface area contributed by atoms with Gasteiger partial charge in [-0.25, -0.2) is 9.97 Å². The van der Waals surface area contributed by atoms with Crippen molar-refractivity contribution in [2.24, 2.45) is 0 Å². The highest BCUT2D eigenvalue weighted by atomic mass is 32.2. The third kappa shape index (κ3) is 2.59. The molecule has 2 aromatic heterocycles. The number of hydrogen-bond donors (Lipinski definition) is 0. The molecule has 2 rings (SSSR count). The molecule has 2 aromatic rings. The van der Waals surface area contributed by atoms with Gasteiger partial charge in [0.05, 0.1) is 11.4 Å². The molecule has 0 N–H and O–H groups in total. The number of thioether (sulfide) groups is 2. The normalized spacial score (nSPS) is 10.7.